The average Bonchev–Trinajstić information content (AvgIpc) is 2.82. The Morgan fingerprint density at radius 3 is 2.59 bits per heavy atom. The van der Waals surface area contributed by atoms with Crippen LogP contribution in [-0.2, 0) is 4.79 Å². The first-order valence-corrected chi connectivity index (χ1v) is 7.78. The van der Waals surface area contributed by atoms with Crippen LogP contribution in [0, 0.1) is 5.41 Å². The number of hydrogen-bond donors (Lipinski definition) is 3. The molecule has 1 aromatic rings. The number of aromatic amines is 1. The molecular weight excluding hydrogens is 284 g/mol. The van der Waals surface area contributed by atoms with Crippen LogP contribution in [0.15, 0.2) is 15.4 Å². The number of H-pyrrole nitrogens is 1. The lowest BCUT2D eigenvalue weighted by Gasteiger charge is -2.31. The van der Waals surface area contributed by atoms with Crippen molar-refractivity contribution in [2.75, 3.05) is 6.54 Å². The van der Waals surface area contributed by atoms with Crippen molar-refractivity contribution in [3.05, 3.63) is 22.2 Å². The highest BCUT2D eigenvalue weighted by atomic mass is 16.5. The van der Waals surface area contributed by atoms with Gasteiger partial charge in [-0.3, -0.25) is 9.59 Å². The number of carbonyl (C=O) groups is 1. The molecule has 0 amide bonds. The van der Waals surface area contributed by atoms with Gasteiger partial charge in [-0.2, -0.15) is 5.16 Å². The Bertz CT molecular complexity index is 509. The normalized spacial score (nSPS) is 21.8. The molecule has 0 aromatic carbocycles. The highest BCUT2D eigenvalue weighted by Gasteiger charge is 2.26. The molecule has 1 aliphatic heterocycles. The predicted molar refractivity (Wildman–Crippen MR) is 85.1 cm³/mol. The molecule has 0 bridgehead atoms. The molecule has 126 valence electrons. The highest BCUT2D eigenvalue weighted by molar-refractivity contribution is 5.62. The van der Waals surface area contributed by atoms with Crippen molar-refractivity contribution in [3.63, 3.8) is 0 Å². The third-order valence-corrected chi connectivity index (χ3v) is 3.68. The van der Waals surface area contributed by atoms with Crippen molar-refractivity contribution in [1.82, 2.24) is 10.5 Å². The lowest BCUT2D eigenvalue weighted by molar-refractivity contribution is -0.134. The van der Waals surface area contributed by atoms with Crippen LogP contribution >= 0.6 is 0 Å². The van der Waals surface area contributed by atoms with E-state index in [4.69, 9.17) is 14.4 Å². The van der Waals surface area contributed by atoms with Crippen LogP contribution in [0.5, 0.6) is 0 Å². The lowest BCUT2D eigenvalue weighted by atomic mass is 9.83. The standard InChI is InChI=1S/C14H24N2O2.C2H4O2/c1-14(2,3)6-4-11-8-10(5-7-15-11)12-9-13(17)16-18-12;1-2(3)4/h9-11,15H,4-8H2,1-3H3,(H,16,17);1H3,(H,3,4)/t10-,11-;/m0./s1. The van der Waals surface area contributed by atoms with Crippen molar-refractivity contribution in [2.24, 2.45) is 5.41 Å². The van der Waals surface area contributed by atoms with Crippen molar-refractivity contribution >= 4 is 5.97 Å². The molecule has 6 nitrogen and oxygen atoms in total. The van der Waals surface area contributed by atoms with Gasteiger partial charge in [0, 0.05) is 24.9 Å². The molecule has 1 fully saturated rings. The first kappa shape index (κ1) is 18.5. The number of nitrogens with one attached hydrogen (secondary N) is 2. The van der Waals surface area contributed by atoms with E-state index in [2.05, 4.69) is 31.2 Å². The van der Waals surface area contributed by atoms with Crippen molar-refractivity contribution < 1.29 is 14.4 Å². The van der Waals surface area contributed by atoms with Gasteiger partial charge in [-0.1, -0.05) is 20.8 Å². The van der Waals surface area contributed by atoms with Crippen LogP contribution in [-0.4, -0.2) is 28.8 Å². The molecule has 0 radical (unpaired) electrons. The maximum Gasteiger partial charge on any atom is 0.300 e. The summed E-state index contributed by atoms with van der Waals surface area (Å²) in [5.41, 5.74) is 0.254. The fourth-order valence-corrected chi connectivity index (χ4v) is 2.59. The molecule has 0 spiro atoms. The largest absolute Gasteiger partial charge is 0.481 e. The minimum absolute atomic E-state index is 0.130. The Balaban J connectivity index is 0.000000541. The molecule has 0 saturated carbocycles. The summed E-state index contributed by atoms with van der Waals surface area (Å²) >= 11 is 0. The molecule has 2 atom stereocenters. The molecule has 2 heterocycles. The van der Waals surface area contributed by atoms with Crippen LogP contribution in [0.25, 0.3) is 0 Å². The van der Waals surface area contributed by atoms with Gasteiger partial charge in [-0.25, -0.2) is 0 Å². The topological polar surface area (TPSA) is 95.3 Å². The van der Waals surface area contributed by atoms with Gasteiger partial charge in [-0.05, 0) is 37.6 Å². The summed E-state index contributed by atoms with van der Waals surface area (Å²) in [4.78, 5) is 20.1. The second-order valence-corrected chi connectivity index (χ2v) is 7.11. The third-order valence-electron chi connectivity index (χ3n) is 3.68. The van der Waals surface area contributed by atoms with Gasteiger partial charge < -0.3 is 14.9 Å². The second kappa shape index (κ2) is 8.17. The molecule has 0 unspecified atom stereocenters. The summed E-state index contributed by atoms with van der Waals surface area (Å²) in [5.74, 6) is 0.373. The van der Waals surface area contributed by atoms with E-state index >= 15 is 0 Å². The van der Waals surface area contributed by atoms with Crippen LogP contribution in [0.4, 0.5) is 0 Å². The number of piperidine rings is 1. The van der Waals surface area contributed by atoms with Gasteiger partial charge in [0.05, 0.1) is 0 Å². The summed E-state index contributed by atoms with van der Waals surface area (Å²) in [6.45, 7) is 8.92. The summed E-state index contributed by atoms with van der Waals surface area (Å²) in [5, 5.41) is 13.4. The summed E-state index contributed by atoms with van der Waals surface area (Å²) in [6, 6.07) is 2.14. The minimum atomic E-state index is -0.833. The molecular formula is C16H28N2O4. The summed E-state index contributed by atoms with van der Waals surface area (Å²) < 4.78 is 5.23. The number of rotatable bonds is 3. The number of carboxylic acid groups (broad SMARTS) is 1. The van der Waals surface area contributed by atoms with Crippen LogP contribution in [0.1, 0.15) is 65.1 Å². The SMILES string of the molecule is CC(=O)O.CC(C)(C)CC[C@H]1C[C@@H](c2cc(=O)[nH]o2)CCN1. The van der Waals surface area contributed by atoms with Gasteiger partial charge >= 0.3 is 0 Å². The smallest absolute Gasteiger partial charge is 0.300 e. The van der Waals surface area contributed by atoms with Crippen molar-refractivity contribution in [1.29, 1.82) is 0 Å². The molecule has 0 aliphatic carbocycles. The maximum absolute atomic E-state index is 11.1. The average molecular weight is 312 g/mol. The molecule has 1 aromatic heterocycles. The van der Waals surface area contributed by atoms with Crippen molar-refractivity contribution in [2.45, 2.75) is 65.3 Å². The monoisotopic (exact) mass is 312 g/mol. The zero-order chi connectivity index (χ0) is 16.8. The molecule has 22 heavy (non-hydrogen) atoms. The number of carboxylic acids is 1. The summed E-state index contributed by atoms with van der Waals surface area (Å²) in [7, 11) is 0. The fraction of sp³-hybridized carbons (Fsp3) is 0.750. The van der Waals surface area contributed by atoms with E-state index in [0.717, 1.165) is 32.1 Å². The molecule has 2 rings (SSSR count). The maximum atomic E-state index is 11.1. The van der Waals surface area contributed by atoms with Gasteiger partial charge in [0.25, 0.3) is 11.5 Å². The Hall–Kier alpha value is -1.56. The van der Waals surface area contributed by atoms with Crippen LogP contribution < -0.4 is 10.9 Å². The van der Waals surface area contributed by atoms with Gasteiger partial charge in [0.1, 0.15) is 5.76 Å². The van der Waals surface area contributed by atoms with E-state index in [1.165, 1.54) is 12.8 Å². The van der Waals surface area contributed by atoms with E-state index in [1.807, 2.05) is 0 Å². The fourth-order valence-electron chi connectivity index (χ4n) is 2.59. The zero-order valence-corrected chi connectivity index (χ0v) is 13.9. The van der Waals surface area contributed by atoms with E-state index in [0.29, 0.717) is 17.4 Å². The molecule has 1 saturated heterocycles. The third kappa shape index (κ3) is 7.45. The highest BCUT2D eigenvalue weighted by Crippen LogP contribution is 2.30. The van der Waals surface area contributed by atoms with E-state index < -0.39 is 5.97 Å². The van der Waals surface area contributed by atoms with Gasteiger partial charge in [0.15, 0.2) is 0 Å². The Labute approximate surface area is 131 Å². The van der Waals surface area contributed by atoms with Gasteiger partial charge in [0.2, 0.25) is 0 Å². The zero-order valence-electron chi connectivity index (χ0n) is 13.9. The second-order valence-electron chi connectivity index (χ2n) is 7.11. The quantitative estimate of drug-likeness (QED) is 0.797. The molecule has 1 aliphatic rings. The van der Waals surface area contributed by atoms with Gasteiger partial charge in [-0.15, -0.1) is 0 Å². The van der Waals surface area contributed by atoms with E-state index in [1.54, 1.807) is 6.07 Å². The summed E-state index contributed by atoms with van der Waals surface area (Å²) in [6.07, 6.45) is 4.52. The predicted octanol–water partition coefficient (Wildman–Crippen LogP) is 2.72. The van der Waals surface area contributed by atoms with E-state index in [9.17, 15) is 4.79 Å². The number of hydrogen-bond acceptors (Lipinski definition) is 4. The number of aliphatic carboxylic acids is 1. The molecule has 3 N–H and O–H groups in total. The molecule has 6 heteroatoms. The Morgan fingerprint density at radius 1 is 1.45 bits per heavy atom. The number of aromatic nitrogens is 1. The lowest BCUT2D eigenvalue weighted by Crippen LogP contribution is -2.37. The first-order valence-electron chi connectivity index (χ1n) is 7.78. The Kier molecular flexibility index (Phi) is 6.87. The first-order chi connectivity index (χ1) is 10.2. The van der Waals surface area contributed by atoms with Crippen molar-refractivity contribution in [3.8, 4) is 0 Å². The van der Waals surface area contributed by atoms with Crippen LogP contribution in [0.2, 0.25) is 0 Å². The van der Waals surface area contributed by atoms with E-state index in [-0.39, 0.29) is 5.56 Å². The minimum Gasteiger partial charge on any atom is -0.481 e. The Morgan fingerprint density at radius 2 is 2.09 bits per heavy atom. The van der Waals surface area contributed by atoms with Crippen LogP contribution in [0.3, 0.4) is 0 Å².